The molecule has 1 N–H and O–H groups in total. The second-order valence-electron chi connectivity index (χ2n) is 9.25. The molecule has 1 atom stereocenters. The summed E-state index contributed by atoms with van der Waals surface area (Å²) in [5.74, 6) is -0.187. The number of hydrogen-bond donors (Lipinski definition) is 1. The molecule has 35 heavy (non-hydrogen) atoms. The number of carbonyl (C=O) groups is 2. The van der Waals surface area contributed by atoms with Crippen molar-refractivity contribution < 1.29 is 22.7 Å². The molecule has 0 aromatic heterocycles. The normalized spacial score (nSPS) is 12.8. The van der Waals surface area contributed by atoms with E-state index in [1.807, 2.05) is 33.8 Å². The van der Waals surface area contributed by atoms with Gasteiger partial charge in [-0.1, -0.05) is 30.7 Å². The molecule has 0 aliphatic heterocycles. The Bertz CT molecular complexity index is 1130. The van der Waals surface area contributed by atoms with Crippen molar-refractivity contribution in [2.24, 2.45) is 0 Å². The minimum atomic E-state index is -3.94. The largest absolute Gasteiger partial charge is 0.497 e. The summed E-state index contributed by atoms with van der Waals surface area (Å²) in [5.41, 5.74) is 0.257. The van der Waals surface area contributed by atoms with Gasteiger partial charge in [-0.2, -0.15) is 4.31 Å². The van der Waals surface area contributed by atoms with Crippen LogP contribution in [0.2, 0.25) is 5.02 Å². The van der Waals surface area contributed by atoms with Crippen molar-refractivity contribution in [1.29, 1.82) is 0 Å². The Balaban J connectivity index is 2.37. The first kappa shape index (κ1) is 28.6. The van der Waals surface area contributed by atoms with Gasteiger partial charge in [-0.15, -0.1) is 0 Å². The van der Waals surface area contributed by atoms with Gasteiger partial charge >= 0.3 is 0 Å². The number of methoxy groups -OCH3 is 1. The molecular formula is C25H34ClN3O5S. The molecule has 0 aliphatic rings. The molecule has 0 spiro atoms. The van der Waals surface area contributed by atoms with Gasteiger partial charge in [0.1, 0.15) is 11.8 Å². The monoisotopic (exact) mass is 523 g/mol. The van der Waals surface area contributed by atoms with Gasteiger partial charge in [0.25, 0.3) is 0 Å². The number of carbonyl (C=O) groups excluding carboxylic acids is 2. The second-order valence-corrected chi connectivity index (χ2v) is 11.7. The minimum Gasteiger partial charge on any atom is -0.497 e. The third kappa shape index (κ3) is 7.95. The van der Waals surface area contributed by atoms with Crippen molar-refractivity contribution in [3.05, 3.63) is 59.1 Å². The molecule has 0 fully saturated rings. The third-order valence-corrected chi connectivity index (χ3v) is 7.32. The lowest BCUT2D eigenvalue weighted by molar-refractivity contribution is -0.142. The fourth-order valence-electron chi connectivity index (χ4n) is 3.49. The maximum Gasteiger partial charge on any atom is 0.243 e. The zero-order chi connectivity index (χ0) is 26.4. The number of hydrogen-bond acceptors (Lipinski definition) is 5. The number of amides is 2. The van der Waals surface area contributed by atoms with Gasteiger partial charge in [0.15, 0.2) is 0 Å². The summed E-state index contributed by atoms with van der Waals surface area (Å²) < 4.78 is 32.3. The topological polar surface area (TPSA) is 96.0 Å². The summed E-state index contributed by atoms with van der Waals surface area (Å²) in [5, 5.41) is 3.33. The summed E-state index contributed by atoms with van der Waals surface area (Å²) in [6.07, 6.45) is 0.352. The molecule has 2 aromatic rings. The van der Waals surface area contributed by atoms with Crippen molar-refractivity contribution in [3.8, 4) is 5.75 Å². The highest BCUT2D eigenvalue weighted by Gasteiger charge is 2.33. The van der Waals surface area contributed by atoms with E-state index in [1.165, 1.54) is 36.2 Å². The number of likely N-dealkylation sites (N-methyl/N-ethyl adjacent to an activating group) is 1. The Kier molecular flexibility index (Phi) is 9.71. The van der Waals surface area contributed by atoms with E-state index >= 15 is 0 Å². The van der Waals surface area contributed by atoms with Gasteiger partial charge in [0, 0.05) is 24.2 Å². The lowest BCUT2D eigenvalue weighted by Crippen LogP contribution is -2.55. The zero-order valence-corrected chi connectivity index (χ0v) is 22.6. The van der Waals surface area contributed by atoms with E-state index in [-0.39, 0.29) is 17.3 Å². The van der Waals surface area contributed by atoms with Crippen LogP contribution in [0.4, 0.5) is 0 Å². The number of halogens is 1. The van der Waals surface area contributed by atoms with E-state index in [1.54, 1.807) is 25.3 Å². The fourth-order valence-corrected chi connectivity index (χ4v) is 4.74. The van der Waals surface area contributed by atoms with Crippen LogP contribution in [0.5, 0.6) is 5.75 Å². The Morgan fingerprint density at radius 2 is 1.74 bits per heavy atom. The average molecular weight is 524 g/mol. The number of rotatable bonds is 10. The van der Waals surface area contributed by atoms with Gasteiger partial charge in [-0.25, -0.2) is 8.42 Å². The maximum absolute atomic E-state index is 13.5. The summed E-state index contributed by atoms with van der Waals surface area (Å²) >= 11 is 5.88. The molecule has 2 aromatic carbocycles. The van der Waals surface area contributed by atoms with E-state index < -0.39 is 34.1 Å². The molecule has 10 heteroatoms. The van der Waals surface area contributed by atoms with Gasteiger partial charge in [0.2, 0.25) is 21.8 Å². The second kappa shape index (κ2) is 11.9. The first-order valence-corrected chi connectivity index (χ1v) is 13.1. The number of ether oxygens (including phenoxy) is 1. The summed E-state index contributed by atoms with van der Waals surface area (Å²) in [6.45, 7) is 7.07. The highest BCUT2D eigenvalue weighted by molar-refractivity contribution is 7.89. The lowest BCUT2D eigenvalue weighted by Gasteiger charge is -2.34. The summed E-state index contributed by atoms with van der Waals surface area (Å²) in [6, 6.07) is 12.1. The predicted molar refractivity (Wildman–Crippen MR) is 137 cm³/mol. The lowest BCUT2D eigenvalue weighted by atomic mass is 10.1. The molecule has 0 radical (unpaired) electrons. The highest BCUT2D eigenvalue weighted by Crippen LogP contribution is 2.20. The van der Waals surface area contributed by atoms with Crippen molar-refractivity contribution >= 4 is 33.4 Å². The van der Waals surface area contributed by atoms with E-state index in [0.717, 1.165) is 9.87 Å². The van der Waals surface area contributed by atoms with Crippen molar-refractivity contribution in [3.63, 3.8) is 0 Å². The van der Waals surface area contributed by atoms with E-state index in [9.17, 15) is 18.0 Å². The quantitative estimate of drug-likeness (QED) is 0.512. The molecule has 192 valence electrons. The van der Waals surface area contributed by atoms with Crippen LogP contribution >= 0.6 is 11.6 Å². The standard InChI is InChI=1S/C25H34ClN3O5S/c1-7-22(24(31)27-25(2,3)4)29(16-18-9-8-10-20(15-18)34-6)23(30)17-28(5)35(32,33)21-13-11-19(26)12-14-21/h8-15,22H,7,16-17H2,1-6H3,(H,27,31)/t22-/m0/s1. The number of nitrogens with one attached hydrogen (secondary N) is 1. The number of benzene rings is 2. The van der Waals surface area contributed by atoms with Crippen LogP contribution in [0.25, 0.3) is 0 Å². The molecule has 0 aliphatic carbocycles. The third-order valence-electron chi connectivity index (χ3n) is 5.25. The van der Waals surface area contributed by atoms with Crippen LogP contribution in [-0.4, -0.2) is 61.7 Å². The zero-order valence-electron chi connectivity index (χ0n) is 21.0. The van der Waals surface area contributed by atoms with Crippen LogP contribution in [-0.2, 0) is 26.2 Å². The van der Waals surface area contributed by atoms with Gasteiger partial charge in [-0.3, -0.25) is 9.59 Å². The van der Waals surface area contributed by atoms with Crippen molar-refractivity contribution in [2.45, 2.75) is 57.1 Å². The average Bonchev–Trinajstić information content (AvgIpc) is 2.78. The first-order chi connectivity index (χ1) is 16.3. The van der Waals surface area contributed by atoms with Gasteiger partial charge in [0.05, 0.1) is 18.6 Å². The molecule has 0 saturated carbocycles. The molecule has 0 heterocycles. The highest BCUT2D eigenvalue weighted by atomic mass is 35.5. The Hall–Kier alpha value is -2.62. The first-order valence-electron chi connectivity index (χ1n) is 11.2. The van der Waals surface area contributed by atoms with Crippen molar-refractivity contribution in [1.82, 2.24) is 14.5 Å². The Morgan fingerprint density at radius 3 is 2.29 bits per heavy atom. The molecule has 2 amide bonds. The van der Waals surface area contributed by atoms with Gasteiger partial charge in [-0.05, 0) is 69.2 Å². The van der Waals surface area contributed by atoms with Crippen LogP contribution in [0.15, 0.2) is 53.4 Å². The Labute approximate surface area is 213 Å². The van der Waals surface area contributed by atoms with Crippen molar-refractivity contribution in [2.75, 3.05) is 20.7 Å². The van der Waals surface area contributed by atoms with E-state index in [2.05, 4.69) is 5.32 Å². The number of nitrogens with zero attached hydrogens (tertiary/aromatic N) is 2. The molecular weight excluding hydrogens is 490 g/mol. The van der Waals surface area contributed by atoms with Crippen LogP contribution in [0.1, 0.15) is 39.7 Å². The molecule has 8 nitrogen and oxygen atoms in total. The molecule has 2 rings (SSSR count). The van der Waals surface area contributed by atoms with E-state index in [0.29, 0.717) is 17.2 Å². The van der Waals surface area contributed by atoms with Crippen LogP contribution < -0.4 is 10.1 Å². The SMILES string of the molecule is CC[C@@H](C(=O)NC(C)(C)C)N(Cc1cccc(OC)c1)C(=O)CN(C)S(=O)(=O)c1ccc(Cl)cc1. The Morgan fingerprint density at radius 1 is 1.11 bits per heavy atom. The summed E-state index contributed by atoms with van der Waals surface area (Å²) in [7, 11) is -1.06. The maximum atomic E-state index is 13.5. The predicted octanol–water partition coefficient (Wildman–Crippen LogP) is 3.69. The molecule has 0 bridgehead atoms. The van der Waals surface area contributed by atoms with E-state index in [4.69, 9.17) is 16.3 Å². The van der Waals surface area contributed by atoms with Crippen LogP contribution in [0, 0.1) is 0 Å². The minimum absolute atomic E-state index is 0.0223. The smallest absolute Gasteiger partial charge is 0.243 e. The molecule has 0 unspecified atom stereocenters. The fraction of sp³-hybridized carbons (Fsp3) is 0.440. The van der Waals surface area contributed by atoms with Gasteiger partial charge < -0.3 is 15.0 Å². The van der Waals surface area contributed by atoms with Crippen LogP contribution in [0.3, 0.4) is 0 Å². The number of sulfonamides is 1. The summed E-state index contributed by atoms with van der Waals surface area (Å²) in [4.78, 5) is 28.1. The molecule has 0 saturated heterocycles.